The maximum Gasteiger partial charge on any atom is 0.338 e. The number of fused-ring (bicyclic) bond motifs is 1. The summed E-state index contributed by atoms with van der Waals surface area (Å²) >= 11 is 1.52. The molecule has 31 heavy (non-hydrogen) atoms. The van der Waals surface area contributed by atoms with Gasteiger partial charge in [-0.15, -0.1) is 0 Å². The first-order chi connectivity index (χ1) is 15.0. The van der Waals surface area contributed by atoms with Crippen LogP contribution in [0.1, 0.15) is 12.5 Å². The predicted octanol–water partition coefficient (Wildman–Crippen LogP) is 7.57. The van der Waals surface area contributed by atoms with Gasteiger partial charge in [-0.1, -0.05) is 72.4 Å². The number of esters is 1. The molecule has 0 N–H and O–H groups in total. The average Bonchev–Trinajstić information content (AvgIpc) is 2.77. The molecule has 4 aromatic rings. The molecule has 0 aliphatic heterocycles. The molecule has 0 aliphatic rings. The van der Waals surface area contributed by atoms with Gasteiger partial charge in [0, 0.05) is 21.2 Å². The molecule has 0 unspecified atom stereocenters. The first-order valence-electron chi connectivity index (χ1n) is 9.92. The minimum atomic E-state index is -0.450. The van der Waals surface area contributed by atoms with Crippen molar-refractivity contribution in [1.29, 1.82) is 0 Å². The van der Waals surface area contributed by atoms with Crippen molar-refractivity contribution in [3.63, 3.8) is 0 Å². The fourth-order valence-electron chi connectivity index (χ4n) is 3.13. The molecule has 154 valence electrons. The summed E-state index contributed by atoms with van der Waals surface area (Å²) in [6.45, 7) is 7.40. The minimum Gasteiger partial charge on any atom is -0.457 e. The van der Waals surface area contributed by atoms with Gasteiger partial charge in [0.1, 0.15) is 11.5 Å². The molecule has 0 atom stereocenters. The van der Waals surface area contributed by atoms with E-state index < -0.39 is 5.97 Å². The molecular formula is C27H22O3S. The molecule has 0 heterocycles. The fraction of sp³-hybridized carbons (Fsp3) is 0.0741. The number of carbonyl (C=O) groups excluding carboxylic acids is 1. The standard InChI is InChI=1S/C27H22O3S/c1-18(2)27(28)30-26-22-15-14-19(3)16-23(22)24(29-20-10-6-4-7-11-20)17-25(26)31-21-12-8-5-9-13-21/h4-17H,1H2,2-3H3. The Hall–Kier alpha value is -3.50. The summed E-state index contributed by atoms with van der Waals surface area (Å²) < 4.78 is 12.1. The summed E-state index contributed by atoms with van der Waals surface area (Å²) in [7, 11) is 0. The Morgan fingerprint density at radius 3 is 2.23 bits per heavy atom. The van der Waals surface area contributed by atoms with Crippen molar-refractivity contribution in [2.45, 2.75) is 23.6 Å². The molecule has 4 heteroatoms. The van der Waals surface area contributed by atoms with Gasteiger partial charge in [-0.25, -0.2) is 4.79 Å². The summed E-state index contributed by atoms with van der Waals surface area (Å²) in [4.78, 5) is 14.3. The van der Waals surface area contributed by atoms with Gasteiger partial charge < -0.3 is 9.47 Å². The van der Waals surface area contributed by atoms with E-state index in [4.69, 9.17) is 9.47 Å². The first kappa shape index (κ1) is 20.8. The second-order valence-corrected chi connectivity index (χ2v) is 8.37. The third kappa shape index (κ3) is 4.81. The summed E-state index contributed by atoms with van der Waals surface area (Å²) in [5.74, 6) is 1.51. The fourth-order valence-corrected chi connectivity index (χ4v) is 4.09. The van der Waals surface area contributed by atoms with Crippen LogP contribution in [0.4, 0.5) is 0 Å². The molecule has 4 rings (SSSR count). The van der Waals surface area contributed by atoms with Gasteiger partial charge in [-0.05, 0) is 50.2 Å². The molecule has 0 saturated heterocycles. The zero-order valence-electron chi connectivity index (χ0n) is 17.4. The van der Waals surface area contributed by atoms with E-state index in [1.54, 1.807) is 6.92 Å². The van der Waals surface area contributed by atoms with E-state index in [9.17, 15) is 4.79 Å². The number of benzene rings is 4. The van der Waals surface area contributed by atoms with Crippen LogP contribution in [-0.4, -0.2) is 5.97 Å². The van der Waals surface area contributed by atoms with E-state index in [2.05, 4.69) is 6.58 Å². The van der Waals surface area contributed by atoms with Crippen molar-refractivity contribution in [2.24, 2.45) is 0 Å². The maximum absolute atomic E-state index is 12.4. The molecule has 0 bridgehead atoms. The van der Waals surface area contributed by atoms with Crippen LogP contribution in [-0.2, 0) is 4.79 Å². The average molecular weight is 427 g/mol. The normalized spacial score (nSPS) is 10.6. The third-order valence-corrected chi connectivity index (χ3v) is 5.69. The molecule has 0 radical (unpaired) electrons. The quantitative estimate of drug-likeness (QED) is 0.181. The monoisotopic (exact) mass is 426 g/mol. The van der Waals surface area contributed by atoms with Gasteiger partial charge in [0.15, 0.2) is 5.75 Å². The highest BCUT2D eigenvalue weighted by Gasteiger charge is 2.19. The number of rotatable bonds is 6. The Morgan fingerprint density at radius 1 is 0.871 bits per heavy atom. The number of hydrogen-bond donors (Lipinski definition) is 0. The highest BCUT2D eigenvalue weighted by molar-refractivity contribution is 7.99. The summed E-state index contributed by atoms with van der Waals surface area (Å²) in [5.41, 5.74) is 1.44. The first-order valence-corrected chi connectivity index (χ1v) is 10.7. The third-order valence-electron chi connectivity index (χ3n) is 4.66. The van der Waals surface area contributed by atoms with Crippen molar-refractivity contribution in [1.82, 2.24) is 0 Å². The van der Waals surface area contributed by atoms with E-state index in [1.165, 1.54) is 11.8 Å². The van der Waals surface area contributed by atoms with E-state index in [1.807, 2.05) is 91.9 Å². The van der Waals surface area contributed by atoms with Crippen LogP contribution in [0.3, 0.4) is 0 Å². The van der Waals surface area contributed by atoms with Gasteiger partial charge in [0.2, 0.25) is 0 Å². The SMILES string of the molecule is C=C(C)C(=O)Oc1c(Sc2ccccc2)cc(Oc2ccccc2)c2cc(C)ccc12. The van der Waals surface area contributed by atoms with Crippen LogP contribution in [0.15, 0.2) is 107 Å². The van der Waals surface area contributed by atoms with Crippen LogP contribution in [0.25, 0.3) is 10.8 Å². The molecule has 4 aromatic carbocycles. The lowest BCUT2D eigenvalue weighted by Gasteiger charge is -2.17. The molecule has 0 aromatic heterocycles. The van der Waals surface area contributed by atoms with E-state index in [-0.39, 0.29) is 0 Å². The van der Waals surface area contributed by atoms with Crippen LogP contribution in [0.5, 0.6) is 17.2 Å². The zero-order chi connectivity index (χ0) is 21.8. The topological polar surface area (TPSA) is 35.5 Å². The predicted molar refractivity (Wildman–Crippen MR) is 126 cm³/mol. The van der Waals surface area contributed by atoms with Crippen molar-refractivity contribution in [2.75, 3.05) is 0 Å². The molecule has 0 saturated carbocycles. The van der Waals surface area contributed by atoms with Crippen LogP contribution in [0.2, 0.25) is 0 Å². The smallest absolute Gasteiger partial charge is 0.338 e. The lowest BCUT2D eigenvalue weighted by Crippen LogP contribution is -2.09. The van der Waals surface area contributed by atoms with Crippen molar-refractivity contribution in [3.8, 4) is 17.2 Å². The number of aryl methyl sites for hydroxylation is 1. The highest BCUT2D eigenvalue weighted by Crippen LogP contribution is 2.45. The Balaban J connectivity index is 1.91. The summed E-state index contributed by atoms with van der Waals surface area (Å²) in [6.07, 6.45) is 0. The summed E-state index contributed by atoms with van der Waals surface area (Å²) in [5, 5.41) is 1.69. The maximum atomic E-state index is 12.4. The van der Waals surface area contributed by atoms with Crippen molar-refractivity contribution < 1.29 is 14.3 Å². The second kappa shape index (κ2) is 9.11. The zero-order valence-corrected chi connectivity index (χ0v) is 18.2. The minimum absolute atomic E-state index is 0.348. The van der Waals surface area contributed by atoms with Gasteiger partial charge in [-0.3, -0.25) is 0 Å². The second-order valence-electron chi connectivity index (χ2n) is 7.25. The van der Waals surface area contributed by atoms with Gasteiger partial charge >= 0.3 is 5.97 Å². The molecule has 3 nitrogen and oxygen atoms in total. The van der Waals surface area contributed by atoms with Crippen LogP contribution < -0.4 is 9.47 Å². The van der Waals surface area contributed by atoms with E-state index in [0.29, 0.717) is 17.1 Å². The van der Waals surface area contributed by atoms with Crippen LogP contribution >= 0.6 is 11.8 Å². The van der Waals surface area contributed by atoms with Gasteiger partial charge in [0.05, 0.1) is 4.90 Å². The van der Waals surface area contributed by atoms with Gasteiger partial charge in [-0.2, -0.15) is 0 Å². The Kier molecular flexibility index (Phi) is 6.10. The molecule has 0 fully saturated rings. The van der Waals surface area contributed by atoms with Crippen molar-refractivity contribution >= 4 is 28.5 Å². The highest BCUT2D eigenvalue weighted by atomic mass is 32.2. The largest absolute Gasteiger partial charge is 0.457 e. The molecule has 0 amide bonds. The lowest BCUT2D eigenvalue weighted by molar-refractivity contribution is -0.130. The Labute approximate surface area is 186 Å². The summed E-state index contributed by atoms with van der Waals surface area (Å²) in [6, 6.07) is 27.6. The molecule has 0 aliphatic carbocycles. The van der Waals surface area contributed by atoms with Crippen molar-refractivity contribution in [3.05, 3.63) is 103 Å². The Bertz CT molecular complexity index is 1250. The van der Waals surface area contributed by atoms with E-state index in [0.717, 1.165) is 31.9 Å². The number of carbonyl (C=O) groups is 1. The Morgan fingerprint density at radius 2 is 1.55 bits per heavy atom. The van der Waals surface area contributed by atoms with E-state index >= 15 is 0 Å². The number of para-hydroxylation sites is 1. The molecule has 0 spiro atoms. The van der Waals surface area contributed by atoms with Crippen LogP contribution in [0, 0.1) is 6.92 Å². The number of hydrogen-bond acceptors (Lipinski definition) is 4. The number of ether oxygens (including phenoxy) is 2. The molecular weight excluding hydrogens is 404 g/mol. The van der Waals surface area contributed by atoms with Gasteiger partial charge in [0.25, 0.3) is 0 Å². The lowest BCUT2D eigenvalue weighted by atomic mass is 10.1.